The monoisotopic (exact) mass is 288 g/mol. The summed E-state index contributed by atoms with van der Waals surface area (Å²) in [7, 11) is -3.60. The molecule has 5 heteroatoms. The van der Waals surface area contributed by atoms with E-state index in [9.17, 15) is 8.42 Å². The molecule has 0 fully saturated rings. The second-order valence-electron chi connectivity index (χ2n) is 4.34. The molecule has 2 aromatic rings. The van der Waals surface area contributed by atoms with E-state index in [1.165, 1.54) is 0 Å². The third-order valence-electron chi connectivity index (χ3n) is 3.03. The van der Waals surface area contributed by atoms with Gasteiger partial charge in [-0.2, -0.15) is 0 Å². The third kappa shape index (κ3) is 2.79. The Hall–Kier alpha value is -1.98. The van der Waals surface area contributed by atoms with E-state index in [0.717, 1.165) is 5.56 Å². The molecule has 4 nitrogen and oxygen atoms in total. The SMILES string of the molecule is C=NC(c1ccccc1)S(=O)(=O)c1ccc(CN)cc1. The van der Waals surface area contributed by atoms with Crippen molar-refractivity contribution in [1.82, 2.24) is 0 Å². The molecule has 0 bridgehead atoms. The Morgan fingerprint density at radius 1 is 1.05 bits per heavy atom. The van der Waals surface area contributed by atoms with Crippen molar-refractivity contribution >= 4 is 16.6 Å². The van der Waals surface area contributed by atoms with Crippen molar-refractivity contribution in [3.8, 4) is 0 Å². The highest BCUT2D eigenvalue weighted by Crippen LogP contribution is 2.29. The lowest BCUT2D eigenvalue weighted by molar-refractivity contribution is 0.584. The zero-order valence-electron chi connectivity index (χ0n) is 10.9. The Bertz CT molecular complexity index is 680. The van der Waals surface area contributed by atoms with Gasteiger partial charge in [-0.25, -0.2) is 8.42 Å². The van der Waals surface area contributed by atoms with Crippen molar-refractivity contribution in [2.45, 2.75) is 16.8 Å². The van der Waals surface area contributed by atoms with E-state index in [1.54, 1.807) is 48.5 Å². The van der Waals surface area contributed by atoms with Gasteiger partial charge in [0.05, 0.1) is 4.90 Å². The summed E-state index contributed by atoms with van der Waals surface area (Å²) in [6, 6.07) is 15.4. The molecule has 0 aliphatic carbocycles. The summed E-state index contributed by atoms with van der Waals surface area (Å²) in [6.45, 7) is 3.79. The van der Waals surface area contributed by atoms with Crippen LogP contribution >= 0.6 is 0 Å². The topological polar surface area (TPSA) is 72.5 Å². The lowest BCUT2D eigenvalue weighted by Crippen LogP contribution is -2.12. The number of hydrogen-bond acceptors (Lipinski definition) is 4. The van der Waals surface area contributed by atoms with Crippen molar-refractivity contribution in [1.29, 1.82) is 0 Å². The Morgan fingerprint density at radius 2 is 1.65 bits per heavy atom. The smallest absolute Gasteiger partial charge is 0.205 e. The molecule has 0 heterocycles. The first-order chi connectivity index (χ1) is 9.59. The summed E-state index contributed by atoms with van der Waals surface area (Å²) >= 11 is 0. The fraction of sp³-hybridized carbons (Fsp3) is 0.133. The van der Waals surface area contributed by atoms with Gasteiger partial charge in [0.15, 0.2) is 5.37 Å². The van der Waals surface area contributed by atoms with Gasteiger partial charge >= 0.3 is 0 Å². The van der Waals surface area contributed by atoms with Crippen LogP contribution in [0, 0.1) is 0 Å². The van der Waals surface area contributed by atoms with Gasteiger partial charge in [-0.05, 0) is 30.0 Å². The van der Waals surface area contributed by atoms with E-state index in [4.69, 9.17) is 5.73 Å². The van der Waals surface area contributed by atoms with E-state index in [-0.39, 0.29) is 4.90 Å². The third-order valence-corrected chi connectivity index (χ3v) is 4.97. The van der Waals surface area contributed by atoms with E-state index >= 15 is 0 Å². The first kappa shape index (κ1) is 14.4. The van der Waals surface area contributed by atoms with Gasteiger partial charge < -0.3 is 5.73 Å². The predicted octanol–water partition coefficient (Wildman–Crippen LogP) is 2.32. The maximum absolute atomic E-state index is 12.6. The summed E-state index contributed by atoms with van der Waals surface area (Å²) in [5, 5.41) is -0.993. The largest absolute Gasteiger partial charge is 0.326 e. The van der Waals surface area contributed by atoms with Gasteiger partial charge in [-0.1, -0.05) is 42.5 Å². The first-order valence-corrected chi connectivity index (χ1v) is 7.68. The molecule has 0 saturated heterocycles. The first-order valence-electron chi connectivity index (χ1n) is 6.13. The maximum Gasteiger partial charge on any atom is 0.205 e. The zero-order chi connectivity index (χ0) is 14.6. The van der Waals surface area contributed by atoms with Crippen molar-refractivity contribution in [3.63, 3.8) is 0 Å². The minimum atomic E-state index is -3.60. The minimum Gasteiger partial charge on any atom is -0.326 e. The van der Waals surface area contributed by atoms with Crippen LogP contribution in [0.2, 0.25) is 0 Å². The van der Waals surface area contributed by atoms with Crippen molar-refractivity contribution in [3.05, 3.63) is 65.7 Å². The average molecular weight is 288 g/mol. The highest BCUT2D eigenvalue weighted by molar-refractivity contribution is 7.91. The molecular weight excluding hydrogens is 272 g/mol. The van der Waals surface area contributed by atoms with Gasteiger partial charge in [0, 0.05) is 6.54 Å². The molecule has 104 valence electrons. The standard InChI is InChI=1S/C15H16N2O2S/c1-17-15(13-5-3-2-4-6-13)20(18,19)14-9-7-12(11-16)8-10-14/h2-10,15H,1,11,16H2. The van der Waals surface area contributed by atoms with Crippen molar-refractivity contribution < 1.29 is 8.42 Å². The van der Waals surface area contributed by atoms with Crippen LogP contribution in [0.5, 0.6) is 0 Å². The molecule has 0 spiro atoms. The average Bonchev–Trinajstić information content (AvgIpc) is 2.49. The Balaban J connectivity index is 2.44. The number of sulfone groups is 1. The van der Waals surface area contributed by atoms with Crippen LogP contribution in [0.4, 0.5) is 0 Å². The van der Waals surface area contributed by atoms with Crippen LogP contribution < -0.4 is 5.73 Å². The summed E-state index contributed by atoms with van der Waals surface area (Å²) in [4.78, 5) is 4.00. The second kappa shape index (κ2) is 5.98. The van der Waals surface area contributed by atoms with Crippen LogP contribution in [0.25, 0.3) is 0 Å². The zero-order valence-corrected chi connectivity index (χ0v) is 11.8. The van der Waals surface area contributed by atoms with Crippen LogP contribution in [-0.2, 0) is 16.4 Å². The number of rotatable bonds is 5. The molecule has 0 amide bonds. The predicted molar refractivity (Wildman–Crippen MR) is 80.3 cm³/mol. The Morgan fingerprint density at radius 3 is 2.15 bits per heavy atom. The number of nitrogens with two attached hydrogens (primary N) is 1. The van der Waals surface area contributed by atoms with Gasteiger partial charge in [0.2, 0.25) is 9.84 Å². The van der Waals surface area contributed by atoms with Crippen LogP contribution in [0.1, 0.15) is 16.5 Å². The Labute approximate surface area is 118 Å². The molecular formula is C15H16N2O2S. The fourth-order valence-corrected chi connectivity index (χ4v) is 3.43. The van der Waals surface area contributed by atoms with Gasteiger partial charge in [-0.3, -0.25) is 4.99 Å². The van der Waals surface area contributed by atoms with Gasteiger partial charge in [0.1, 0.15) is 0 Å². The summed E-state index contributed by atoms with van der Waals surface area (Å²) in [5.41, 5.74) is 6.99. The molecule has 1 unspecified atom stereocenters. The van der Waals surface area contributed by atoms with Crippen molar-refractivity contribution in [2.75, 3.05) is 0 Å². The number of hydrogen-bond donors (Lipinski definition) is 1. The van der Waals surface area contributed by atoms with Crippen LogP contribution in [0.3, 0.4) is 0 Å². The number of benzene rings is 2. The number of aliphatic imine (C=N–C) groups is 1. The highest BCUT2D eigenvalue weighted by atomic mass is 32.2. The molecule has 2 N–H and O–H groups in total. The van der Waals surface area contributed by atoms with E-state index in [1.807, 2.05) is 6.07 Å². The van der Waals surface area contributed by atoms with Crippen LogP contribution in [0.15, 0.2) is 64.5 Å². The minimum absolute atomic E-state index is 0.218. The molecule has 1 atom stereocenters. The molecule has 0 aliphatic rings. The lowest BCUT2D eigenvalue weighted by atomic mass is 10.2. The molecule has 20 heavy (non-hydrogen) atoms. The van der Waals surface area contributed by atoms with Crippen molar-refractivity contribution in [2.24, 2.45) is 10.7 Å². The van der Waals surface area contributed by atoms with E-state index < -0.39 is 15.2 Å². The van der Waals surface area contributed by atoms with Gasteiger partial charge in [0.25, 0.3) is 0 Å². The normalized spacial score (nSPS) is 12.8. The molecule has 0 radical (unpaired) electrons. The molecule has 2 rings (SSSR count). The Kier molecular flexibility index (Phi) is 4.32. The van der Waals surface area contributed by atoms with Crippen LogP contribution in [-0.4, -0.2) is 15.1 Å². The fourth-order valence-electron chi connectivity index (χ4n) is 1.94. The maximum atomic E-state index is 12.6. The lowest BCUT2D eigenvalue weighted by Gasteiger charge is -2.14. The van der Waals surface area contributed by atoms with E-state index in [2.05, 4.69) is 11.7 Å². The quantitative estimate of drug-likeness (QED) is 0.858. The number of nitrogens with zero attached hydrogens (tertiary/aromatic N) is 1. The summed E-state index contributed by atoms with van der Waals surface area (Å²) < 4.78 is 25.2. The summed E-state index contributed by atoms with van der Waals surface area (Å²) in [6.07, 6.45) is 0. The molecule has 0 aromatic heterocycles. The highest BCUT2D eigenvalue weighted by Gasteiger charge is 2.27. The molecule has 0 aliphatic heterocycles. The van der Waals surface area contributed by atoms with Gasteiger partial charge in [-0.15, -0.1) is 0 Å². The molecule has 0 saturated carbocycles. The molecule has 2 aromatic carbocycles. The second-order valence-corrected chi connectivity index (χ2v) is 6.35. The summed E-state index contributed by atoms with van der Waals surface area (Å²) in [5.74, 6) is 0. The van der Waals surface area contributed by atoms with E-state index in [0.29, 0.717) is 12.1 Å².